The summed E-state index contributed by atoms with van der Waals surface area (Å²) in [4.78, 5) is 22.8. The summed E-state index contributed by atoms with van der Waals surface area (Å²) in [5.74, 6) is 0.505. The Bertz CT molecular complexity index is 768. The number of nitrogens with one attached hydrogen (secondary N) is 1. The second-order valence-electron chi connectivity index (χ2n) is 4.70. The van der Waals surface area contributed by atoms with Crippen molar-refractivity contribution < 1.29 is 9.21 Å². The maximum absolute atomic E-state index is 12.2. The number of nitrogens with zero attached hydrogens (tertiary/aromatic N) is 2. The second kappa shape index (κ2) is 5.09. The number of fused-ring (bicyclic) bond motifs is 1. The van der Waals surface area contributed by atoms with Crippen molar-refractivity contribution in [2.75, 3.05) is 5.32 Å². The Hall–Kier alpha value is -1.99. The first-order valence-corrected chi connectivity index (χ1v) is 8.22. The average molecular weight is 317 g/mol. The zero-order valence-electron chi connectivity index (χ0n) is 11.0. The van der Waals surface area contributed by atoms with E-state index in [2.05, 4.69) is 15.3 Å². The van der Waals surface area contributed by atoms with Gasteiger partial charge >= 0.3 is 0 Å². The molecular formula is C14H11N3O2S2. The van der Waals surface area contributed by atoms with Gasteiger partial charge in [-0.25, -0.2) is 9.97 Å². The van der Waals surface area contributed by atoms with Crippen LogP contribution < -0.4 is 5.32 Å². The van der Waals surface area contributed by atoms with Crippen LogP contribution in [-0.4, -0.2) is 15.9 Å². The summed E-state index contributed by atoms with van der Waals surface area (Å²) in [5, 5.41) is 4.23. The van der Waals surface area contributed by atoms with Crippen LogP contribution in [0.1, 0.15) is 26.7 Å². The van der Waals surface area contributed by atoms with E-state index in [0.717, 1.165) is 18.5 Å². The number of hydrogen-bond donors (Lipinski definition) is 1. The predicted molar refractivity (Wildman–Crippen MR) is 81.9 cm³/mol. The molecule has 106 valence electrons. The average Bonchev–Trinajstić information content (AvgIpc) is 3.22. The first-order chi connectivity index (χ1) is 10.3. The van der Waals surface area contributed by atoms with E-state index in [4.69, 9.17) is 4.42 Å². The van der Waals surface area contributed by atoms with Gasteiger partial charge in [-0.2, -0.15) is 0 Å². The third-order valence-electron chi connectivity index (χ3n) is 3.28. The molecule has 0 saturated carbocycles. The van der Waals surface area contributed by atoms with Crippen LogP contribution in [-0.2, 0) is 12.8 Å². The highest BCUT2D eigenvalue weighted by Crippen LogP contribution is 2.31. The number of aryl methyl sites for hydroxylation is 2. The van der Waals surface area contributed by atoms with Gasteiger partial charge in [-0.15, -0.1) is 22.7 Å². The van der Waals surface area contributed by atoms with Crippen molar-refractivity contribution in [2.45, 2.75) is 19.3 Å². The number of carbonyl (C=O) groups excluding carboxylic acids is 1. The fourth-order valence-corrected chi connectivity index (χ4v) is 4.12. The van der Waals surface area contributed by atoms with E-state index >= 15 is 0 Å². The van der Waals surface area contributed by atoms with Crippen molar-refractivity contribution in [3.8, 4) is 10.8 Å². The number of carbonyl (C=O) groups is 1. The Morgan fingerprint density at radius 3 is 3.10 bits per heavy atom. The van der Waals surface area contributed by atoms with Crippen LogP contribution in [0.2, 0.25) is 0 Å². The minimum absolute atomic E-state index is 0.169. The molecule has 3 aromatic heterocycles. The fraction of sp³-hybridized carbons (Fsp3) is 0.214. The molecule has 0 spiro atoms. The second-order valence-corrected chi connectivity index (χ2v) is 6.82. The molecule has 5 nitrogen and oxygen atoms in total. The van der Waals surface area contributed by atoms with Gasteiger partial charge in [0.25, 0.3) is 5.91 Å². The van der Waals surface area contributed by atoms with Gasteiger partial charge in [-0.05, 0) is 31.4 Å². The lowest BCUT2D eigenvalue weighted by Gasteiger charge is -1.97. The summed E-state index contributed by atoms with van der Waals surface area (Å²) < 4.78 is 5.28. The van der Waals surface area contributed by atoms with E-state index in [-0.39, 0.29) is 5.91 Å². The van der Waals surface area contributed by atoms with Crippen LogP contribution in [0, 0.1) is 0 Å². The van der Waals surface area contributed by atoms with Crippen LogP contribution in [0.5, 0.6) is 0 Å². The monoisotopic (exact) mass is 317 g/mol. The molecule has 7 heteroatoms. The molecule has 1 N–H and O–H groups in total. The molecule has 0 atom stereocenters. The molecule has 0 fully saturated rings. The van der Waals surface area contributed by atoms with Crippen molar-refractivity contribution in [1.82, 2.24) is 9.97 Å². The molecular weight excluding hydrogens is 306 g/mol. The number of thiazole rings is 2. The molecule has 3 aromatic rings. The molecule has 1 aliphatic carbocycles. The number of hydrogen-bond acceptors (Lipinski definition) is 6. The Kier molecular flexibility index (Phi) is 3.08. The topological polar surface area (TPSA) is 68.0 Å². The molecule has 3 heterocycles. The Morgan fingerprint density at radius 1 is 1.33 bits per heavy atom. The van der Waals surface area contributed by atoms with Gasteiger partial charge in [0, 0.05) is 4.88 Å². The molecule has 0 unspecified atom stereocenters. The minimum Gasteiger partial charge on any atom is -0.462 e. The molecule has 21 heavy (non-hydrogen) atoms. The van der Waals surface area contributed by atoms with E-state index in [1.165, 1.54) is 22.6 Å². The van der Waals surface area contributed by atoms with Gasteiger partial charge < -0.3 is 4.42 Å². The maximum atomic E-state index is 12.2. The van der Waals surface area contributed by atoms with Crippen LogP contribution >= 0.6 is 22.7 Å². The van der Waals surface area contributed by atoms with Crippen molar-refractivity contribution in [2.24, 2.45) is 0 Å². The smallest absolute Gasteiger partial charge is 0.269 e. The van der Waals surface area contributed by atoms with E-state index in [1.807, 2.05) is 6.07 Å². The molecule has 4 rings (SSSR count). The van der Waals surface area contributed by atoms with E-state index in [9.17, 15) is 4.79 Å². The SMILES string of the molecule is O=C(Nc1nc2c(s1)CCC2)c1cnc(-c2ccco2)s1. The quantitative estimate of drug-likeness (QED) is 0.801. The van der Waals surface area contributed by atoms with Crippen LogP contribution in [0.4, 0.5) is 5.13 Å². The zero-order chi connectivity index (χ0) is 14.2. The van der Waals surface area contributed by atoms with Crippen molar-refractivity contribution in [1.29, 1.82) is 0 Å². The number of aromatic nitrogens is 2. The molecule has 1 amide bonds. The predicted octanol–water partition coefficient (Wildman–Crippen LogP) is 3.60. The highest BCUT2D eigenvalue weighted by atomic mass is 32.1. The zero-order valence-corrected chi connectivity index (χ0v) is 12.6. The summed E-state index contributed by atoms with van der Waals surface area (Å²) in [6.07, 6.45) is 6.42. The normalized spacial score (nSPS) is 13.3. The summed E-state index contributed by atoms with van der Waals surface area (Å²) >= 11 is 2.88. The third kappa shape index (κ3) is 2.38. The van der Waals surface area contributed by atoms with E-state index in [0.29, 0.717) is 20.8 Å². The van der Waals surface area contributed by atoms with Gasteiger partial charge in [0.2, 0.25) is 0 Å². The number of anilines is 1. The molecule has 0 aliphatic heterocycles. The van der Waals surface area contributed by atoms with Crippen LogP contribution in [0.15, 0.2) is 29.0 Å². The van der Waals surface area contributed by atoms with Gasteiger partial charge in [-0.3, -0.25) is 10.1 Å². The molecule has 0 aromatic carbocycles. The molecule has 0 bridgehead atoms. The van der Waals surface area contributed by atoms with Gasteiger partial charge in [0.1, 0.15) is 4.88 Å². The lowest BCUT2D eigenvalue weighted by molar-refractivity contribution is 0.103. The number of rotatable bonds is 3. The van der Waals surface area contributed by atoms with Crippen LogP contribution in [0.3, 0.4) is 0 Å². The summed E-state index contributed by atoms with van der Waals surface area (Å²) in [6, 6.07) is 3.62. The van der Waals surface area contributed by atoms with Gasteiger partial charge in [0.15, 0.2) is 15.9 Å². The number of amides is 1. The Labute approximate surface area is 128 Å². The molecule has 1 aliphatic rings. The molecule has 0 radical (unpaired) electrons. The highest BCUT2D eigenvalue weighted by Gasteiger charge is 2.19. The summed E-state index contributed by atoms with van der Waals surface area (Å²) in [5.41, 5.74) is 1.14. The first kappa shape index (κ1) is 12.7. The minimum atomic E-state index is -0.169. The fourth-order valence-electron chi connectivity index (χ4n) is 2.30. The summed E-state index contributed by atoms with van der Waals surface area (Å²) in [6.45, 7) is 0. The largest absolute Gasteiger partial charge is 0.462 e. The standard InChI is InChI=1S/C14H11N3O2S2/c18-12(17-14-16-8-3-1-5-10(8)21-14)11-7-15-13(20-11)9-4-2-6-19-9/h2,4,6-7H,1,3,5H2,(H,16,17,18). The van der Waals surface area contributed by atoms with Crippen LogP contribution in [0.25, 0.3) is 10.8 Å². The first-order valence-electron chi connectivity index (χ1n) is 6.59. The Balaban J connectivity index is 1.52. The lowest BCUT2D eigenvalue weighted by atomic mass is 10.4. The third-order valence-corrected chi connectivity index (χ3v) is 5.36. The molecule has 0 saturated heterocycles. The summed E-state index contributed by atoms with van der Waals surface area (Å²) in [7, 11) is 0. The highest BCUT2D eigenvalue weighted by molar-refractivity contribution is 7.17. The van der Waals surface area contributed by atoms with Gasteiger partial charge in [0.05, 0.1) is 18.2 Å². The lowest BCUT2D eigenvalue weighted by Crippen LogP contribution is -2.09. The van der Waals surface area contributed by atoms with Crippen molar-refractivity contribution >= 4 is 33.7 Å². The van der Waals surface area contributed by atoms with Gasteiger partial charge in [-0.1, -0.05) is 0 Å². The van der Waals surface area contributed by atoms with Crippen molar-refractivity contribution in [3.63, 3.8) is 0 Å². The Morgan fingerprint density at radius 2 is 2.29 bits per heavy atom. The van der Waals surface area contributed by atoms with E-state index in [1.54, 1.807) is 29.9 Å². The maximum Gasteiger partial charge on any atom is 0.269 e. The van der Waals surface area contributed by atoms with Crippen molar-refractivity contribution in [3.05, 3.63) is 40.0 Å². The number of furan rings is 1. The van der Waals surface area contributed by atoms with E-state index < -0.39 is 0 Å².